The van der Waals surface area contributed by atoms with Crippen LogP contribution in [0.25, 0.3) is 0 Å². The van der Waals surface area contributed by atoms with Crippen LogP contribution in [0.5, 0.6) is 5.75 Å². The summed E-state index contributed by atoms with van der Waals surface area (Å²) < 4.78 is 7.87. The SMILES string of the molecule is NCc1ccc(Br)cc1OCc1ccc(Br)cc1. The average Bonchev–Trinajstić information content (AvgIpc) is 2.38. The monoisotopic (exact) mass is 369 g/mol. The van der Waals surface area contributed by atoms with Crippen LogP contribution in [0.3, 0.4) is 0 Å². The lowest BCUT2D eigenvalue weighted by atomic mass is 10.2. The van der Waals surface area contributed by atoms with Gasteiger partial charge in [0.25, 0.3) is 0 Å². The second-order valence-corrected chi connectivity index (χ2v) is 5.70. The highest BCUT2D eigenvalue weighted by molar-refractivity contribution is 9.10. The molecule has 0 bridgehead atoms. The molecule has 0 unspecified atom stereocenters. The fraction of sp³-hybridized carbons (Fsp3) is 0.143. The van der Waals surface area contributed by atoms with Gasteiger partial charge >= 0.3 is 0 Å². The highest BCUT2D eigenvalue weighted by Gasteiger charge is 2.03. The number of hydrogen-bond donors (Lipinski definition) is 1. The van der Waals surface area contributed by atoms with Gasteiger partial charge in [-0.05, 0) is 29.8 Å². The zero-order valence-corrected chi connectivity index (χ0v) is 12.9. The number of ether oxygens (including phenoxy) is 1. The van der Waals surface area contributed by atoms with Gasteiger partial charge < -0.3 is 10.5 Å². The first-order chi connectivity index (χ1) is 8.69. The molecule has 0 saturated carbocycles. The molecule has 2 N–H and O–H groups in total. The minimum absolute atomic E-state index is 0.475. The maximum absolute atomic E-state index is 5.81. The molecule has 0 aromatic heterocycles. The molecule has 2 aromatic rings. The predicted molar refractivity (Wildman–Crippen MR) is 80.5 cm³/mol. The van der Waals surface area contributed by atoms with Gasteiger partial charge in [-0.2, -0.15) is 0 Å². The quantitative estimate of drug-likeness (QED) is 0.873. The Morgan fingerprint density at radius 1 is 0.944 bits per heavy atom. The Bertz CT molecular complexity index is 526. The smallest absolute Gasteiger partial charge is 0.125 e. The maximum Gasteiger partial charge on any atom is 0.125 e. The Kier molecular flexibility index (Phi) is 4.80. The zero-order chi connectivity index (χ0) is 13.0. The molecule has 0 atom stereocenters. The van der Waals surface area contributed by atoms with Crippen LogP contribution >= 0.6 is 31.9 Å². The van der Waals surface area contributed by atoms with Crippen molar-refractivity contribution in [2.75, 3.05) is 0 Å². The normalized spacial score (nSPS) is 10.4. The van der Waals surface area contributed by atoms with Crippen molar-refractivity contribution in [2.45, 2.75) is 13.2 Å². The summed E-state index contributed by atoms with van der Waals surface area (Å²) in [6.07, 6.45) is 0. The molecule has 0 aliphatic heterocycles. The van der Waals surface area contributed by atoms with Crippen molar-refractivity contribution >= 4 is 31.9 Å². The summed E-state index contributed by atoms with van der Waals surface area (Å²) in [6.45, 7) is 1.01. The van der Waals surface area contributed by atoms with Crippen molar-refractivity contribution in [3.05, 3.63) is 62.5 Å². The van der Waals surface area contributed by atoms with Crippen LogP contribution in [0, 0.1) is 0 Å². The van der Waals surface area contributed by atoms with Crippen LogP contribution in [-0.2, 0) is 13.2 Å². The van der Waals surface area contributed by atoms with Crippen LogP contribution < -0.4 is 10.5 Å². The molecule has 0 aliphatic rings. The van der Waals surface area contributed by atoms with Crippen LogP contribution in [0.1, 0.15) is 11.1 Å². The van der Waals surface area contributed by atoms with E-state index in [9.17, 15) is 0 Å². The first-order valence-corrected chi connectivity index (χ1v) is 7.13. The maximum atomic E-state index is 5.81. The van der Waals surface area contributed by atoms with E-state index in [2.05, 4.69) is 31.9 Å². The van der Waals surface area contributed by atoms with E-state index in [1.165, 1.54) is 0 Å². The van der Waals surface area contributed by atoms with Crippen molar-refractivity contribution in [1.82, 2.24) is 0 Å². The van der Waals surface area contributed by atoms with Crippen molar-refractivity contribution < 1.29 is 4.74 Å². The summed E-state index contributed by atoms with van der Waals surface area (Å²) in [4.78, 5) is 0. The van der Waals surface area contributed by atoms with Crippen molar-refractivity contribution in [1.29, 1.82) is 0 Å². The van der Waals surface area contributed by atoms with Gasteiger partial charge in [-0.15, -0.1) is 0 Å². The lowest BCUT2D eigenvalue weighted by Crippen LogP contribution is -2.02. The third kappa shape index (κ3) is 3.57. The standard InChI is InChI=1S/C14H13Br2NO/c15-12-4-1-10(2-5-12)9-18-14-7-13(16)6-3-11(14)8-17/h1-7H,8-9,17H2. The highest BCUT2D eigenvalue weighted by atomic mass is 79.9. The van der Waals surface area contributed by atoms with E-state index in [0.717, 1.165) is 25.8 Å². The van der Waals surface area contributed by atoms with Gasteiger partial charge in [0.05, 0.1) is 0 Å². The van der Waals surface area contributed by atoms with Crippen LogP contribution in [0.4, 0.5) is 0 Å². The van der Waals surface area contributed by atoms with E-state index in [1.807, 2.05) is 42.5 Å². The molecule has 94 valence electrons. The predicted octanol–water partition coefficient (Wildman–Crippen LogP) is 4.25. The number of rotatable bonds is 4. The summed E-state index contributed by atoms with van der Waals surface area (Å²) in [6, 6.07) is 14.0. The van der Waals surface area contributed by atoms with Gasteiger partial charge in [0.1, 0.15) is 12.4 Å². The van der Waals surface area contributed by atoms with E-state index < -0.39 is 0 Å². The summed E-state index contributed by atoms with van der Waals surface area (Å²) in [7, 11) is 0. The summed E-state index contributed by atoms with van der Waals surface area (Å²) in [5.74, 6) is 0.829. The molecule has 0 fully saturated rings. The van der Waals surface area contributed by atoms with Gasteiger partial charge in [0.2, 0.25) is 0 Å². The van der Waals surface area contributed by atoms with Crippen molar-refractivity contribution in [3.8, 4) is 5.75 Å². The Balaban J connectivity index is 2.09. The van der Waals surface area contributed by atoms with Crippen molar-refractivity contribution in [3.63, 3.8) is 0 Å². The molecule has 0 saturated heterocycles. The number of nitrogens with two attached hydrogens (primary N) is 1. The first-order valence-electron chi connectivity index (χ1n) is 5.55. The summed E-state index contributed by atoms with van der Waals surface area (Å²) in [5.41, 5.74) is 7.82. The van der Waals surface area contributed by atoms with Crippen molar-refractivity contribution in [2.24, 2.45) is 5.73 Å². The molecule has 4 heteroatoms. The van der Waals surface area contributed by atoms with E-state index in [4.69, 9.17) is 10.5 Å². The topological polar surface area (TPSA) is 35.2 Å². The van der Waals surface area contributed by atoms with Crippen LogP contribution in [-0.4, -0.2) is 0 Å². The Hall–Kier alpha value is -0.840. The fourth-order valence-corrected chi connectivity index (χ4v) is 2.18. The molecule has 0 heterocycles. The van der Waals surface area contributed by atoms with Gasteiger partial charge in [-0.25, -0.2) is 0 Å². The van der Waals surface area contributed by atoms with E-state index in [0.29, 0.717) is 13.2 Å². The van der Waals surface area contributed by atoms with Gasteiger partial charge in [0, 0.05) is 21.1 Å². The van der Waals surface area contributed by atoms with Gasteiger partial charge in [-0.1, -0.05) is 50.1 Å². The lowest BCUT2D eigenvalue weighted by Gasteiger charge is -2.11. The van der Waals surface area contributed by atoms with Crippen LogP contribution in [0.2, 0.25) is 0 Å². The second kappa shape index (κ2) is 6.36. The third-order valence-electron chi connectivity index (χ3n) is 2.56. The fourth-order valence-electron chi connectivity index (χ4n) is 1.57. The number of halogens is 2. The molecule has 0 aliphatic carbocycles. The Morgan fingerprint density at radius 2 is 1.61 bits per heavy atom. The highest BCUT2D eigenvalue weighted by Crippen LogP contribution is 2.24. The molecule has 2 nitrogen and oxygen atoms in total. The first kappa shape index (κ1) is 13.6. The summed E-state index contributed by atoms with van der Waals surface area (Å²) >= 11 is 6.84. The largest absolute Gasteiger partial charge is 0.489 e. The second-order valence-electron chi connectivity index (χ2n) is 3.87. The zero-order valence-electron chi connectivity index (χ0n) is 9.70. The number of hydrogen-bond acceptors (Lipinski definition) is 2. The molecule has 0 radical (unpaired) electrons. The van der Waals surface area contributed by atoms with E-state index in [1.54, 1.807) is 0 Å². The Labute approximate surface area is 123 Å². The van der Waals surface area contributed by atoms with E-state index >= 15 is 0 Å². The van der Waals surface area contributed by atoms with Gasteiger partial charge in [0.15, 0.2) is 0 Å². The summed E-state index contributed by atoms with van der Waals surface area (Å²) in [5, 5.41) is 0. The molecule has 2 aromatic carbocycles. The molecule has 2 rings (SSSR count). The molecular weight excluding hydrogens is 358 g/mol. The minimum Gasteiger partial charge on any atom is -0.489 e. The average molecular weight is 371 g/mol. The molecule has 0 amide bonds. The minimum atomic E-state index is 0.475. The lowest BCUT2D eigenvalue weighted by molar-refractivity contribution is 0.303. The Morgan fingerprint density at radius 3 is 2.28 bits per heavy atom. The molecule has 18 heavy (non-hydrogen) atoms. The number of benzene rings is 2. The van der Waals surface area contributed by atoms with Crippen LogP contribution in [0.15, 0.2) is 51.4 Å². The van der Waals surface area contributed by atoms with E-state index in [-0.39, 0.29) is 0 Å². The van der Waals surface area contributed by atoms with Gasteiger partial charge in [-0.3, -0.25) is 0 Å². The molecule has 0 spiro atoms. The third-order valence-corrected chi connectivity index (χ3v) is 3.58. The molecular formula is C14H13Br2NO.